The molecule has 1 aliphatic carbocycles. The molecule has 39 heavy (non-hydrogen) atoms. The number of hydrogen-bond acceptors (Lipinski definition) is 6. The number of aromatic nitrogens is 1. The molecule has 198 valence electrons. The quantitative estimate of drug-likeness (QED) is 0.301. The van der Waals surface area contributed by atoms with Crippen LogP contribution in [0.2, 0.25) is 0 Å². The summed E-state index contributed by atoms with van der Waals surface area (Å²) in [5, 5.41) is 12.6. The van der Waals surface area contributed by atoms with Gasteiger partial charge in [0.1, 0.15) is 23.9 Å². The zero-order valence-corrected chi connectivity index (χ0v) is 22.1. The molecule has 8 nitrogen and oxygen atoms in total. The van der Waals surface area contributed by atoms with Crippen molar-refractivity contribution in [1.82, 2.24) is 15.2 Å². The molecule has 4 aromatic rings. The molecule has 1 aromatic heterocycles. The van der Waals surface area contributed by atoms with Crippen LogP contribution in [0, 0.1) is 6.92 Å². The molecule has 0 aliphatic heterocycles. The molecule has 5 rings (SSSR count). The number of hydrogen-bond donors (Lipinski definition) is 2. The van der Waals surface area contributed by atoms with Crippen LogP contribution < -0.4 is 5.32 Å². The Hall–Kier alpha value is -4.50. The fourth-order valence-corrected chi connectivity index (χ4v) is 5.70. The maximum Gasteiger partial charge on any atom is 0.407 e. The molecule has 3 aromatic carbocycles. The molecule has 0 radical (unpaired) electrons. The number of aliphatic carboxylic acids is 1. The normalized spacial score (nSPS) is 11.9. The largest absolute Gasteiger partial charge is 0.480 e. The molecular weight excluding hydrogens is 514 g/mol. The molecule has 0 atom stereocenters. The van der Waals surface area contributed by atoms with E-state index in [0.29, 0.717) is 9.88 Å². The van der Waals surface area contributed by atoms with Gasteiger partial charge in [0.25, 0.3) is 5.91 Å². The zero-order chi connectivity index (χ0) is 27.4. The van der Waals surface area contributed by atoms with Crippen LogP contribution in [-0.4, -0.2) is 46.1 Å². The fraction of sp³-hybridized carbons (Fsp3) is 0.200. The van der Waals surface area contributed by atoms with Gasteiger partial charge < -0.3 is 20.1 Å². The molecule has 0 saturated carbocycles. The van der Waals surface area contributed by atoms with Gasteiger partial charge in [0.05, 0.1) is 6.54 Å². The number of carbonyl (C=O) groups excluding carboxylic acids is 2. The van der Waals surface area contributed by atoms with Crippen molar-refractivity contribution in [2.45, 2.75) is 25.9 Å². The van der Waals surface area contributed by atoms with Crippen molar-refractivity contribution in [3.63, 3.8) is 0 Å². The zero-order valence-electron chi connectivity index (χ0n) is 21.3. The summed E-state index contributed by atoms with van der Waals surface area (Å²) in [5.74, 6) is -1.62. The number of ether oxygens (including phenoxy) is 1. The highest BCUT2D eigenvalue weighted by Gasteiger charge is 2.29. The van der Waals surface area contributed by atoms with Crippen LogP contribution >= 0.6 is 11.3 Å². The van der Waals surface area contributed by atoms with Crippen molar-refractivity contribution < 1.29 is 24.2 Å². The summed E-state index contributed by atoms with van der Waals surface area (Å²) in [6, 6.07) is 25.4. The van der Waals surface area contributed by atoms with E-state index in [-0.39, 0.29) is 31.3 Å². The summed E-state index contributed by atoms with van der Waals surface area (Å²) in [6.45, 7) is 1.74. The molecule has 1 aliphatic rings. The highest BCUT2D eigenvalue weighted by atomic mass is 32.1. The van der Waals surface area contributed by atoms with E-state index < -0.39 is 24.5 Å². The Morgan fingerprint density at radius 3 is 2.21 bits per heavy atom. The number of nitrogens with one attached hydrogen (secondary N) is 1. The Labute approximate surface area is 229 Å². The van der Waals surface area contributed by atoms with Gasteiger partial charge >= 0.3 is 12.1 Å². The lowest BCUT2D eigenvalue weighted by Gasteiger charge is -2.20. The van der Waals surface area contributed by atoms with Gasteiger partial charge in [-0.15, -0.1) is 11.3 Å². The average molecular weight is 542 g/mol. The molecule has 0 spiro atoms. The van der Waals surface area contributed by atoms with Crippen molar-refractivity contribution in [3.8, 4) is 11.1 Å². The van der Waals surface area contributed by atoms with Crippen molar-refractivity contribution in [3.05, 3.63) is 111 Å². The summed E-state index contributed by atoms with van der Waals surface area (Å²) in [4.78, 5) is 43.5. The number of carboxylic acid groups (broad SMARTS) is 1. The van der Waals surface area contributed by atoms with E-state index in [1.54, 1.807) is 6.92 Å². The van der Waals surface area contributed by atoms with E-state index >= 15 is 0 Å². The van der Waals surface area contributed by atoms with Crippen LogP contribution in [0.4, 0.5) is 4.79 Å². The number of amides is 2. The first kappa shape index (κ1) is 26.1. The van der Waals surface area contributed by atoms with Gasteiger partial charge in [-0.2, -0.15) is 0 Å². The van der Waals surface area contributed by atoms with E-state index in [0.717, 1.165) is 27.8 Å². The third-order valence-corrected chi connectivity index (χ3v) is 7.57. The number of nitrogens with zero attached hydrogens (tertiary/aromatic N) is 2. The van der Waals surface area contributed by atoms with Crippen LogP contribution in [0.15, 0.2) is 78.9 Å². The Morgan fingerprint density at radius 1 is 0.949 bits per heavy atom. The third kappa shape index (κ3) is 5.83. The van der Waals surface area contributed by atoms with Gasteiger partial charge in [-0.25, -0.2) is 9.78 Å². The first-order chi connectivity index (χ1) is 18.9. The summed E-state index contributed by atoms with van der Waals surface area (Å²) in [5.41, 5.74) is 5.57. The lowest BCUT2D eigenvalue weighted by molar-refractivity contribution is -0.137. The number of thiazole rings is 1. The molecule has 0 unspecified atom stereocenters. The van der Waals surface area contributed by atoms with Crippen LogP contribution in [-0.2, 0) is 22.6 Å². The molecule has 0 bridgehead atoms. The summed E-state index contributed by atoms with van der Waals surface area (Å²) >= 11 is 1.28. The number of benzene rings is 3. The van der Waals surface area contributed by atoms with Gasteiger partial charge in [-0.1, -0.05) is 78.9 Å². The van der Waals surface area contributed by atoms with E-state index in [1.807, 2.05) is 54.6 Å². The van der Waals surface area contributed by atoms with Crippen molar-refractivity contribution in [1.29, 1.82) is 0 Å². The summed E-state index contributed by atoms with van der Waals surface area (Å²) < 4.78 is 5.58. The number of fused-ring (bicyclic) bond motifs is 3. The van der Waals surface area contributed by atoms with Gasteiger partial charge in [-0.05, 0) is 34.7 Å². The summed E-state index contributed by atoms with van der Waals surface area (Å²) in [6.07, 6.45) is -0.575. The topological polar surface area (TPSA) is 109 Å². The first-order valence-corrected chi connectivity index (χ1v) is 13.3. The van der Waals surface area contributed by atoms with E-state index in [9.17, 15) is 19.5 Å². The second kappa shape index (κ2) is 11.5. The van der Waals surface area contributed by atoms with E-state index in [2.05, 4.69) is 34.6 Å². The van der Waals surface area contributed by atoms with Gasteiger partial charge in [0.2, 0.25) is 0 Å². The maximum atomic E-state index is 13.2. The molecule has 0 fully saturated rings. The highest BCUT2D eigenvalue weighted by molar-refractivity contribution is 7.11. The monoisotopic (exact) mass is 541 g/mol. The number of carboxylic acids is 1. The SMILES string of the molecule is Cc1sc(CNC(=O)OCC2c3ccccc3-c3ccccc32)nc1C(=O)N(CC(=O)O)Cc1ccccc1. The van der Waals surface area contributed by atoms with Gasteiger partial charge in [0.15, 0.2) is 0 Å². The maximum absolute atomic E-state index is 13.2. The lowest BCUT2D eigenvalue weighted by atomic mass is 9.98. The third-order valence-electron chi connectivity index (χ3n) is 6.60. The second-order valence-corrected chi connectivity index (χ2v) is 10.5. The number of aryl methyl sites for hydroxylation is 1. The fourth-order valence-electron chi connectivity index (χ4n) is 4.84. The highest BCUT2D eigenvalue weighted by Crippen LogP contribution is 2.44. The van der Waals surface area contributed by atoms with Crippen molar-refractivity contribution in [2.24, 2.45) is 0 Å². The number of carbonyl (C=O) groups is 3. The van der Waals surface area contributed by atoms with Crippen molar-refractivity contribution >= 4 is 29.3 Å². The molecule has 2 amide bonds. The minimum Gasteiger partial charge on any atom is -0.480 e. The number of alkyl carbamates (subject to hydrolysis) is 1. The Balaban J connectivity index is 1.21. The van der Waals surface area contributed by atoms with Crippen LogP contribution in [0.1, 0.15) is 43.0 Å². The molecule has 9 heteroatoms. The van der Waals surface area contributed by atoms with Gasteiger partial charge in [-0.3, -0.25) is 9.59 Å². The van der Waals surface area contributed by atoms with Crippen LogP contribution in [0.25, 0.3) is 11.1 Å². The Morgan fingerprint density at radius 2 is 1.56 bits per heavy atom. The van der Waals surface area contributed by atoms with Gasteiger partial charge in [0, 0.05) is 17.3 Å². The predicted molar refractivity (Wildman–Crippen MR) is 148 cm³/mol. The first-order valence-electron chi connectivity index (χ1n) is 12.5. The lowest BCUT2D eigenvalue weighted by Crippen LogP contribution is -2.35. The molecular formula is C30H27N3O5S. The molecule has 1 heterocycles. The summed E-state index contributed by atoms with van der Waals surface area (Å²) in [7, 11) is 0. The van der Waals surface area contributed by atoms with Crippen LogP contribution in [0.3, 0.4) is 0 Å². The molecule has 0 saturated heterocycles. The smallest absolute Gasteiger partial charge is 0.407 e. The second-order valence-electron chi connectivity index (χ2n) is 9.23. The predicted octanol–water partition coefficient (Wildman–Crippen LogP) is 5.22. The standard InChI is InChI=1S/C30H27N3O5S/c1-19-28(29(36)33(17-27(34)35)16-20-9-3-2-4-10-20)32-26(39-19)15-31-30(37)38-18-25-23-13-7-5-11-21(23)22-12-6-8-14-24(22)25/h2-14,25H,15-18H2,1H3,(H,31,37)(H,34,35). The Kier molecular flexibility index (Phi) is 7.69. The number of rotatable bonds is 9. The Bertz CT molecular complexity index is 1470. The molecule has 2 N–H and O–H groups in total. The minimum absolute atomic E-state index is 0.0423. The van der Waals surface area contributed by atoms with E-state index in [1.165, 1.54) is 16.2 Å². The van der Waals surface area contributed by atoms with Crippen LogP contribution in [0.5, 0.6) is 0 Å². The average Bonchev–Trinajstić information content (AvgIpc) is 3.47. The van der Waals surface area contributed by atoms with Crippen molar-refractivity contribution in [2.75, 3.05) is 13.2 Å². The van der Waals surface area contributed by atoms with E-state index in [4.69, 9.17) is 4.74 Å². The minimum atomic E-state index is -1.11.